The summed E-state index contributed by atoms with van der Waals surface area (Å²) >= 11 is 1.47. The van der Waals surface area contributed by atoms with Gasteiger partial charge in [0.05, 0.1) is 12.5 Å². The predicted octanol–water partition coefficient (Wildman–Crippen LogP) is 2.85. The lowest BCUT2D eigenvalue weighted by molar-refractivity contribution is -0.120. The van der Waals surface area contributed by atoms with Crippen LogP contribution in [0.15, 0.2) is 52.8 Å². The molecule has 0 saturated heterocycles. The highest BCUT2D eigenvalue weighted by Gasteiger charge is 2.21. The van der Waals surface area contributed by atoms with Gasteiger partial charge in [-0.15, -0.1) is 11.3 Å². The maximum atomic E-state index is 13.3. The lowest BCUT2D eigenvalue weighted by Crippen LogP contribution is -2.33. The van der Waals surface area contributed by atoms with Gasteiger partial charge in [0.1, 0.15) is 17.4 Å². The molecule has 0 saturated carbocycles. The second-order valence-electron chi connectivity index (χ2n) is 6.68. The molecule has 0 unspecified atom stereocenters. The Hall–Kier alpha value is -3.77. The molecule has 30 heavy (non-hydrogen) atoms. The number of rotatable bonds is 5. The number of nitrogens with zero attached hydrogens (tertiary/aromatic N) is 3. The van der Waals surface area contributed by atoms with E-state index in [4.69, 9.17) is 5.26 Å². The van der Waals surface area contributed by atoms with Gasteiger partial charge in [-0.2, -0.15) is 5.26 Å². The summed E-state index contributed by atoms with van der Waals surface area (Å²) in [7, 11) is 0. The quantitative estimate of drug-likeness (QED) is 0.517. The fraction of sp³-hybridized carbons (Fsp3) is 0.143. The van der Waals surface area contributed by atoms with Crippen molar-refractivity contribution in [2.24, 2.45) is 0 Å². The van der Waals surface area contributed by atoms with E-state index in [1.54, 1.807) is 19.1 Å². The van der Waals surface area contributed by atoms with Crippen molar-refractivity contribution >= 4 is 22.9 Å². The first-order valence-corrected chi connectivity index (χ1v) is 9.94. The van der Waals surface area contributed by atoms with Crippen LogP contribution in [0, 0.1) is 24.1 Å². The SMILES string of the molecule is Cc1nc2c(C#N)c[nH]n2c(=O)c1CC(=O)N[C@H](c1ccc(F)cc1)c1cccs1. The minimum Gasteiger partial charge on any atom is -0.344 e. The lowest BCUT2D eigenvalue weighted by atomic mass is 10.0. The smallest absolute Gasteiger partial charge is 0.276 e. The van der Waals surface area contributed by atoms with Crippen LogP contribution in [0.4, 0.5) is 4.39 Å². The monoisotopic (exact) mass is 421 g/mol. The van der Waals surface area contributed by atoms with E-state index in [1.807, 2.05) is 23.6 Å². The molecule has 0 spiro atoms. The first-order chi connectivity index (χ1) is 14.5. The van der Waals surface area contributed by atoms with Crippen molar-refractivity contribution in [1.82, 2.24) is 19.9 Å². The summed E-state index contributed by atoms with van der Waals surface area (Å²) in [5.41, 5.74) is 1.41. The van der Waals surface area contributed by atoms with Gasteiger partial charge < -0.3 is 5.32 Å². The average Bonchev–Trinajstić information content (AvgIpc) is 3.40. The molecule has 0 radical (unpaired) electrons. The van der Waals surface area contributed by atoms with Gasteiger partial charge in [0.15, 0.2) is 5.65 Å². The summed E-state index contributed by atoms with van der Waals surface area (Å²) in [5, 5.41) is 16.6. The normalized spacial score (nSPS) is 11.9. The van der Waals surface area contributed by atoms with Crippen molar-refractivity contribution in [1.29, 1.82) is 5.26 Å². The molecule has 4 rings (SSSR count). The molecule has 150 valence electrons. The van der Waals surface area contributed by atoms with Crippen molar-refractivity contribution in [3.05, 3.63) is 91.4 Å². The number of hydrogen-bond donors (Lipinski definition) is 2. The van der Waals surface area contributed by atoms with Gasteiger partial charge in [-0.25, -0.2) is 13.9 Å². The van der Waals surface area contributed by atoms with Crippen molar-refractivity contribution in [2.75, 3.05) is 0 Å². The number of aromatic nitrogens is 3. The first-order valence-electron chi connectivity index (χ1n) is 9.06. The number of halogens is 1. The molecule has 0 fully saturated rings. The Morgan fingerprint density at radius 3 is 2.80 bits per heavy atom. The molecule has 9 heteroatoms. The minimum absolute atomic E-state index is 0.176. The zero-order chi connectivity index (χ0) is 21.3. The van der Waals surface area contributed by atoms with E-state index in [-0.39, 0.29) is 34.9 Å². The summed E-state index contributed by atoms with van der Waals surface area (Å²) in [4.78, 5) is 30.8. The molecule has 0 aliphatic rings. The maximum Gasteiger partial charge on any atom is 0.276 e. The number of H-pyrrole nitrogens is 1. The third-order valence-corrected chi connectivity index (χ3v) is 5.69. The Bertz CT molecular complexity index is 1320. The van der Waals surface area contributed by atoms with Crippen LogP contribution < -0.4 is 10.9 Å². The number of amides is 1. The number of nitriles is 1. The number of hydrogen-bond acceptors (Lipinski definition) is 5. The largest absolute Gasteiger partial charge is 0.344 e. The molecule has 0 aliphatic carbocycles. The standard InChI is InChI=1S/C21H16FN5O2S/c1-12-16(21(29)27-20(25-12)14(10-23)11-24-27)9-18(28)26-19(17-3-2-8-30-17)13-4-6-15(22)7-5-13/h2-8,11,19,24H,9H2,1H3,(H,26,28)/t19-/m1/s1. The number of fused-ring (bicyclic) bond motifs is 1. The van der Waals surface area contributed by atoms with Gasteiger partial charge in [0, 0.05) is 22.3 Å². The summed E-state index contributed by atoms with van der Waals surface area (Å²) in [6.07, 6.45) is 1.22. The molecule has 1 atom stereocenters. The van der Waals surface area contributed by atoms with Crippen LogP contribution in [0.5, 0.6) is 0 Å². The van der Waals surface area contributed by atoms with Crippen LogP contribution in [0.2, 0.25) is 0 Å². The van der Waals surface area contributed by atoms with Gasteiger partial charge in [-0.3, -0.25) is 14.7 Å². The Balaban J connectivity index is 1.64. The Morgan fingerprint density at radius 1 is 1.37 bits per heavy atom. The highest BCUT2D eigenvalue weighted by molar-refractivity contribution is 7.10. The Labute approximate surface area is 174 Å². The van der Waals surface area contributed by atoms with Gasteiger partial charge >= 0.3 is 0 Å². The Kier molecular flexibility index (Phi) is 5.16. The zero-order valence-electron chi connectivity index (χ0n) is 15.8. The topological polar surface area (TPSA) is 103 Å². The number of aromatic amines is 1. The number of thiophene rings is 1. The summed E-state index contributed by atoms with van der Waals surface area (Å²) in [6, 6.07) is 11.2. The Morgan fingerprint density at radius 2 is 2.13 bits per heavy atom. The molecule has 0 bridgehead atoms. The molecular formula is C21H16FN5O2S. The molecule has 3 heterocycles. The number of aryl methyl sites for hydroxylation is 1. The van der Waals surface area contributed by atoms with Crippen molar-refractivity contribution in [2.45, 2.75) is 19.4 Å². The van der Waals surface area contributed by atoms with Gasteiger partial charge in [-0.05, 0) is 36.1 Å². The molecule has 7 nitrogen and oxygen atoms in total. The second kappa shape index (κ2) is 7.93. The van der Waals surface area contributed by atoms with E-state index in [1.165, 1.54) is 29.7 Å². The van der Waals surface area contributed by atoms with Gasteiger partial charge in [-0.1, -0.05) is 18.2 Å². The third-order valence-electron chi connectivity index (χ3n) is 4.76. The average molecular weight is 421 g/mol. The van der Waals surface area contributed by atoms with Crippen LogP contribution in [-0.2, 0) is 11.2 Å². The number of nitrogens with one attached hydrogen (secondary N) is 2. The number of benzene rings is 1. The molecule has 2 N–H and O–H groups in total. The summed E-state index contributed by atoms with van der Waals surface area (Å²) in [5.74, 6) is -0.729. The van der Waals surface area contributed by atoms with Crippen LogP contribution in [-0.4, -0.2) is 20.5 Å². The molecule has 0 aliphatic heterocycles. The van der Waals surface area contributed by atoms with Gasteiger partial charge in [0.2, 0.25) is 5.91 Å². The molecule has 1 amide bonds. The zero-order valence-corrected chi connectivity index (χ0v) is 16.7. The van der Waals surface area contributed by atoms with Crippen molar-refractivity contribution in [3.8, 4) is 6.07 Å². The van der Waals surface area contributed by atoms with Crippen LogP contribution in [0.25, 0.3) is 5.65 Å². The predicted molar refractivity (Wildman–Crippen MR) is 110 cm³/mol. The van der Waals surface area contributed by atoms with Crippen LogP contribution in [0.1, 0.15) is 33.3 Å². The summed E-state index contributed by atoms with van der Waals surface area (Å²) in [6.45, 7) is 1.63. The number of carbonyl (C=O) groups is 1. The highest BCUT2D eigenvalue weighted by atomic mass is 32.1. The van der Waals surface area contributed by atoms with Crippen LogP contribution in [0.3, 0.4) is 0 Å². The minimum atomic E-state index is -0.464. The third kappa shape index (κ3) is 3.60. The highest BCUT2D eigenvalue weighted by Crippen LogP contribution is 2.26. The maximum absolute atomic E-state index is 13.3. The van der Waals surface area contributed by atoms with E-state index in [0.717, 1.165) is 15.0 Å². The van der Waals surface area contributed by atoms with Crippen molar-refractivity contribution < 1.29 is 9.18 Å². The molecule has 1 aromatic carbocycles. The molecule has 3 aromatic heterocycles. The fourth-order valence-electron chi connectivity index (χ4n) is 3.24. The summed E-state index contributed by atoms with van der Waals surface area (Å²) < 4.78 is 14.5. The fourth-order valence-corrected chi connectivity index (χ4v) is 4.05. The van der Waals surface area contributed by atoms with E-state index >= 15 is 0 Å². The lowest BCUT2D eigenvalue weighted by Gasteiger charge is -2.18. The first kappa shape index (κ1) is 19.5. The van der Waals surface area contributed by atoms with E-state index < -0.39 is 11.6 Å². The van der Waals surface area contributed by atoms with Crippen LogP contribution >= 0.6 is 11.3 Å². The van der Waals surface area contributed by atoms with Crippen molar-refractivity contribution in [3.63, 3.8) is 0 Å². The van der Waals surface area contributed by atoms with E-state index in [0.29, 0.717) is 5.69 Å². The number of carbonyl (C=O) groups excluding carboxylic acids is 1. The molecular weight excluding hydrogens is 405 g/mol. The van der Waals surface area contributed by atoms with E-state index in [2.05, 4.69) is 15.4 Å². The second-order valence-corrected chi connectivity index (χ2v) is 7.66. The van der Waals surface area contributed by atoms with Gasteiger partial charge in [0.25, 0.3) is 5.56 Å². The van der Waals surface area contributed by atoms with E-state index in [9.17, 15) is 14.0 Å². The molecule has 4 aromatic rings.